The molecular weight excluding hydrogens is 486 g/mol. The van der Waals surface area contributed by atoms with Gasteiger partial charge in [-0.1, -0.05) is 24.3 Å². The lowest BCUT2D eigenvalue weighted by atomic mass is 10.1. The van der Waals surface area contributed by atoms with Crippen molar-refractivity contribution in [2.45, 2.75) is 19.3 Å². The highest BCUT2D eigenvalue weighted by Crippen LogP contribution is 2.38. The minimum Gasteiger partial charge on any atom is -0.324 e. The van der Waals surface area contributed by atoms with Crippen molar-refractivity contribution in [2.24, 2.45) is 0 Å². The molecule has 5 nitrogen and oxygen atoms in total. The zero-order valence-electron chi connectivity index (χ0n) is 18.4. The Kier molecular flexibility index (Phi) is 6.49. The fourth-order valence-corrected chi connectivity index (χ4v) is 3.33. The van der Waals surface area contributed by atoms with E-state index in [2.05, 4.69) is 20.3 Å². The Bertz CT molecular complexity index is 1370. The summed E-state index contributed by atoms with van der Waals surface area (Å²) in [6.45, 7) is 1.47. The number of ketones is 1. The minimum atomic E-state index is -4.97. The molecule has 0 saturated carbocycles. The second-order valence-corrected chi connectivity index (χ2v) is 7.75. The summed E-state index contributed by atoms with van der Waals surface area (Å²) in [4.78, 5) is 23.9. The van der Waals surface area contributed by atoms with Crippen LogP contribution in [0.4, 0.5) is 38.0 Å². The number of hydrogen-bond acceptors (Lipinski definition) is 5. The maximum atomic E-state index is 13.1. The highest BCUT2D eigenvalue weighted by Gasteiger charge is 2.37. The number of halogens is 6. The Hall–Kier alpha value is -4.28. The molecule has 0 aliphatic carbocycles. The van der Waals surface area contributed by atoms with Gasteiger partial charge in [-0.25, -0.2) is 9.97 Å². The highest BCUT2D eigenvalue weighted by molar-refractivity contribution is 5.94. The normalized spacial score (nSPS) is 11.9. The predicted molar refractivity (Wildman–Crippen MR) is 120 cm³/mol. The summed E-state index contributed by atoms with van der Waals surface area (Å²) in [5.74, 6) is -0.248. The average Bonchev–Trinajstić information content (AvgIpc) is 2.83. The van der Waals surface area contributed by atoms with Gasteiger partial charge in [-0.3, -0.25) is 9.78 Å². The molecular formula is C25H16F6N4O. The molecule has 0 atom stereocenters. The van der Waals surface area contributed by atoms with Crippen molar-refractivity contribution >= 4 is 17.4 Å². The van der Waals surface area contributed by atoms with Crippen molar-refractivity contribution in [3.05, 3.63) is 89.7 Å². The van der Waals surface area contributed by atoms with Crippen LogP contribution in [-0.2, 0) is 12.4 Å². The van der Waals surface area contributed by atoms with Crippen molar-refractivity contribution in [3.8, 4) is 22.5 Å². The van der Waals surface area contributed by atoms with Crippen LogP contribution in [0.1, 0.15) is 28.4 Å². The Morgan fingerprint density at radius 1 is 0.750 bits per heavy atom. The van der Waals surface area contributed by atoms with E-state index in [4.69, 9.17) is 0 Å². The van der Waals surface area contributed by atoms with Gasteiger partial charge in [0.1, 0.15) is 0 Å². The van der Waals surface area contributed by atoms with Crippen LogP contribution in [-0.4, -0.2) is 20.7 Å². The van der Waals surface area contributed by atoms with Crippen molar-refractivity contribution in [3.63, 3.8) is 0 Å². The molecule has 0 aliphatic rings. The lowest BCUT2D eigenvalue weighted by molar-refractivity contribution is -0.143. The second kappa shape index (κ2) is 9.40. The summed E-state index contributed by atoms with van der Waals surface area (Å²) >= 11 is 0. The van der Waals surface area contributed by atoms with Crippen LogP contribution in [0.15, 0.2) is 73.1 Å². The fraction of sp³-hybridized carbons (Fsp3) is 0.120. The third kappa shape index (κ3) is 5.68. The van der Waals surface area contributed by atoms with E-state index in [0.29, 0.717) is 34.6 Å². The number of Topliss-reactive ketones (excluding diaryl/α,β-unsaturated/α-hetero) is 1. The molecule has 0 fully saturated rings. The van der Waals surface area contributed by atoms with Gasteiger partial charge in [0.15, 0.2) is 5.78 Å². The molecule has 0 radical (unpaired) electrons. The van der Waals surface area contributed by atoms with E-state index in [1.54, 1.807) is 36.4 Å². The van der Waals surface area contributed by atoms with E-state index >= 15 is 0 Å². The monoisotopic (exact) mass is 502 g/mol. The van der Waals surface area contributed by atoms with Crippen LogP contribution < -0.4 is 5.32 Å². The first-order valence-corrected chi connectivity index (χ1v) is 10.4. The number of nitrogens with one attached hydrogen (secondary N) is 1. The second-order valence-electron chi connectivity index (χ2n) is 7.75. The molecule has 2 aromatic carbocycles. The highest BCUT2D eigenvalue weighted by atomic mass is 19.4. The van der Waals surface area contributed by atoms with Crippen molar-refractivity contribution in [1.82, 2.24) is 15.0 Å². The Morgan fingerprint density at radius 3 is 1.89 bits per heavy atom. The molecule has 184 valence electrons. The van der Waals surface area contributed by atoms with Gasteiger partial charge in [-0.15, -0.1) is 0 Å². The maximum absolute atomic E-state index is 13.1. The molecule has 4 rings (SSSR count). The Balaban J connectivity index is 1.59. The number of nitrogens with zero attached hydrogens (tertiary/aromatic N) is 3. The third-order valence-electron chi connectivity index (χ3n) is 5.15. The lowest BCUT2D eigenvalue weighted by Gasteiger charge is -2.15. The van der Waals surface area contributed by atoms with Crippen molar-refractivity contribution in [2.75, 3.05) is 5.32 Å². The van der Waals surface area contributed by atoms with Crippen LogP contribution in [0.3, 0.4) is 0 Å². The van der Waals surface area contributed by atoms with Crippen LogP contribution in [0.25, 0.3) is 22.5 Å². The van der Waals surface area contributed by atoms with Gasteiger partial charge in [-0.05, 0) is 43.3 Å². The van der Waals surface area contributed by atoms with Gasteiger partial charge in [0.05, 0.1) is 22.5 Å². The molecule has 0 spiro atoms. The summed E-state index contributed by atoms with van der Waals surface area (Å²) in [5.41, 5.74) is -0.493. The summed E-state index contributed by atoms with van der Waals surface area (Å²) in [6.07, 6.45) is -7.11. The summed E-state index contributed by atoms with van der Waals surface area (Å²) in [5, 5.41) is 2.42. The van der Waals surface area contributed by atoms with E-state index < -0.39 is 29.2 Å². The summed E-state index contributed by atoms with van der Waals surface area (Å²) in [6, 6.07) is 13.0. The van der Waals surface area contributed by atoms with Crippen molar-refractivity contribution in [1.29, 1.82) is 0 Å². The number of benzene rings is 2. The SMILES string of the molecule is CC(=O)c1ccc(-c2ccc(-c3ccnc(Nc4cc(C(F)(F)F)cc(C(F)(F)F)c4)n3)cn2)cc1. The van der Waals surface area contributed by atoms with Gasteiger partial charge >= 0.3 is 12.4 Å². The zero-order chi connectivity index (χ0) is 26.1. The maximum Gasteiger partial charge on any atom is 0.416 e. The number of rotatable bonds is 5. The molecule has 4 aromatic rings. The lowest BCUT2D eigenvalue weighted by Crippen LogP contribution is -2.12. The zero-order valence-corrected chi connectivity index (χ0v) is 18.4. The van der Waals surface area contributed by atoms with Crippen LogP contribution in [0.2, 0.25) is 0 Å². The number of hydrogen-bond donors (Lipinski definition) is 1. The predicted octanol–water partition coefficient (Wildman–Crippen LogP) is 7.19. The van der Waals surface area contributed by atoms with Crippen LogP contribution >= 0.6 is 0 Å². The smallest absolute Gasteiger partial charge is 0.324 e. The fourth-order valence-electron chi connectivity index (χ4n) is 3.33. The number of alkyl halides is 6. The van der Waals surface area contributed by atoms with Crippen LogP contribution in [0.5, 0.6) is 0 Å². The van der Waals surface area contributed by atoms with E-state index in [1.807, 2.05) is 0 Å². The molecule has 11 heteroatoms. The summed E-state index contributed by atoms with van der Waals surface area (Å²) in [7, 11) is 0. The number of anilines is 2. The topological polar surface area (TPSA) is 67.8 Å². The number of pyridine rings is 1. The molecule has 0 unspecified atom stereocenters. The molecule has 0 aliphatic heterocycles. The number of carbonyl (C=O) groups is 1. The molecule has 1 N–H and O–H groups in total. The van der Waals surface area contributed by atoms with Gasteiger partial charge in [0, 0.05) is 34.8 Å². The minimum absolute atomic E-state index is 0.0450. The van der Waals surface area contributed by atoms with E-state index in [0.717, 1.165) is 5.56 Å². The molecule has 36 heavy (non-hydrogen) atoms. The average molecular weight is 502 g/mol. The van der Waals surface area contributed by atoms with Crippen LogP contribution in [0, 0.1) is 0 Å². The molecule has 2 heterocycles. The molecule has 2 aromatic heterocycles. The molecule has 0 bridgehead atoms. The number of aromatic nitrogens is 3. The van der Waals surface area contributed by atoms with Gasteiger partial charge in [-0.2, -0.15) is 26.3 Å². The standard InChI is InChI=1S/C25H16F6N4O/c1-14(36)15-2-4-16(5-3-15)21-7-6-17(13-33-21)22-8-9-32-23(35-22)34-20-11-18(24(26,27)28)10-19(12-20)25(29,30)31/h2-13H,1H3,(H,32,34,35). The molecule has 0 amide bonds. The Morgan fingerprint density at radius 2 is 1.36 bits per heavy atom. The van der Waals surface area contributed by atoms with E-state index in [-0.39, 0.29) is 17.8 Å². The first kappa shape index (κ1) is 24.8. The van der Waals surface area contributed by atoms with E-state index in [1.165, 1.54) is 25.4 Å². The van der Waals surface area contributed by atoms with E-state index in [9.17, 15) is 31.1 Å². The summed E-state index contributed by atoms with van der Waals surface area (Å²) < 4.78 is 78.7. The van der Waals surface area contributed by atoms with Gasteiger partial charge in [0.25, 0.3) is 0 Å². The molecule has 0 saturated heterocycles. The first-order chi connectivity index (χ1) is 16.9. The third-order valence-corrected chi connectivity index (χ3v) is 5.15. The quantitative estimate of drug-likeness (QED) is 0.231. The van der Waals surface area contributed by atoms with Gasteiger partial charge < -0.3 is 5.32 Å². The Labute approximate surface area is 200 Å². The first-order valence-electron chi connectivity index (χ1n) is 10.4. The van der Waals surface area contributed by atoms with Crippen molar-refractivity contribution < 1.29 is 31.1 Å². The van der Waals surface area contributed by atoms with Gasteiger partial charge in [0.2, 0.25) is 5.95 Å². The largest absolute Gasteiger partial charge is 0.416 e. The number of carbonyl (C=O) groups excluding carboxylic acids is 1.